The molecule has 6 rings (SSSR count). The van der Waals surface area contributed by atoms with E-state index in [4.69, 9.17) is 0 Å². The third kappa shape index (κ3) is 2.47. The average molecular weight is 418 g/mol. The Morgan fingerprint density at radius 1 is 0.938 bits per heavy atom. The summed E-state index contributed by atoms with van der Waals surface area (Å²) in [6.45, 7) is 9.34. The predicted molar refractivity (Wildman–Crippen MR) is 133 cm³/mol. The van der Waals surface area contributed by atoms with Gasteiger partial charge in [-0.1, -0.05) is 69.3 Å². The smallest absolute Gasteiger partial charge is 0.339 e. The van der Waals surface area contributed by atoms with E-state index in [1.807, 2.05) is 0 Å². The second-order valence-corrected chi connectivity index (χ2v) is 9.63. The maximum Gasteiger partial charge on any atom is 0.542 e. The fraction of sp³-hybridized carbons (Fsp3) is 0.250. The zero-order valence-electron chi connectivity index (χ0n) is 19.5. The summed E-state index contributed by atoms with van der Waals surface area (Å²) in [6, 6.07) is 24.6. The van der Waals surface area contributed by atoms with Crippen LogP contribution in [0.3, 0.4) is 0 Å². The summed E-state index contributed by atoms with van der Waals surface area (Å²) in [5.41, 5.74) is 10.9. The molecule has 3 aromatic carbocycles. The molecule has 3 heterocycles. The van der Waals surface area contributed by atoms with Crippen molar-refractivity contribution in [2.75, 3.05) is 4.81 Å². The lowest BCUT2D eigenvalue weighted by molar-refractivity contribution is -0.659. The Kier molecular flexibility index (Phi) is 4.17. The van der Waals surface area contributed by atoms with Crippen molar-refractivity contribution in [3.8, 4) is 11.4 Å². The van der Waals surface area contributed by atoms with Crippen LogP contribution in [0.5, 0.6) is 0 Å². The van der Waals surface area contributed by atoms with Gasteiger partial charge in [-0.25, -0.2) is 4.57 Å². The van der Waals surface area contributed by atoms with Gasteiger partial charge in [0.2, 0.25) is 0 Å². The maximum atomic E-state index is 2.61. The molecule has 3 nitrogen and oxygen atoms in total. The molecule has 4 aromatic rings. The van der Waals surface area contributed by atoms with E-state index in [0.29, 0.717) is 11.8 Å². The molecule has 0 amide bonds. The van der Waals surface area contributed by atoms with Crippen LogP contribution in [0.1, 0.15) is 55.0 Å². The van der Waals surface area contributed by atoms with Crippen LogP contribution in [0.15, 0.2) is 72.9 Å². The van der Waals surface area contributed by atoms with Crippen molar-refractivity contribution in [1.29, 1.82) is 0 Å². The van der Waals surface area contributed by atoms with Gasteiger partial charge in [0.25, 0.3) is 5.82 Å². The normalized spacial score (nSPS) is 16.1. The molecule has 0 N–H and O–H groups in total. The van der Waals surface area contributed by atoms with E-state index < -0.39 is 0 Å². The molecule has 158 valence electrons. The first-order valence-electron chi connectivity index (χ1n) is 11.7. The third-order valence-corrected chi connectivity index (χ3v) is 7.39. The van der Waals surface area contributed by atoms with Gasteiger partial charge in [0, 0.05) is 22.8 Å². The number of aromatic nitrogens is 2. The summed E-state index contributed by atoms with van der Waals surface area (Å²) < 4.78 is 4.95. The Morgan fingerprint density at radius 3 is 2.44 bits per heavy atom. The van der Waals surface area contributed by atoms with Gasteiger partial charge in [-0.15, -0.1) is 0 Å². The number of imidazole rings is 1. The zero-order valence-corrected chi connectivity index (χ0v) is 19.5. The molecular formula is C28H29BN3+. The molecule has 32 heavy (non-hydrogen) atoms. The summed E-state index contributed by atoms with van der Waals surface area (Å²) in [4.78, 5) is 2.56. The number of hydrogen-bond acceptors (Lipinski definition) is 1. The Hall–Kier alpha value is -3.27. The molecule has 2 aliphatic rings. The number of anilines is 2. The maximum absolute atomic E-state index is 2.61. The van der Waals surface area contributed by atoms with Crippen LogP contribution in [0.2, 0.25) is 0 Å². The molecule has 4 heteroatoms. The second kappa shape index (κ2) is 6.87. The van der Waals surface area contributed by atoms with Gasteiger partial charge in [0.15, 0.2) is 0 Å². The highest BCUT2D eigenvalue weighted by Gasteiger charge is 2.53. The molecule has 0 aliphatic carbocycles. The van der Waals surface area contributed by atoms with Crippen molar-refractivity contribution in [1.82, 2.24) is 4.48 Å². The van der Waals surface area contributed by atoms with Crippen molar-refractivity contribution in [3.63, 3.8) is 0 Å². The van der Waals surface area contributed by atoms with Crippen LogP contribution >= 0.6 is 0 Å². The number of para-hydroxylation sites is 1. The first-order chi connectivity index (χ1) is 15.5. The van der Waals surface area contributed by atoms with Crippen LogP contribution < -0.4 is 14.8 Å². The third-order valence-electron chi connectivity index (χ3n) is 7.39. The minimum atomic E-state index is 0.0997. The number of fused-ring (bicyclic) bond motifs is 4. The lowest BCUT2D eigenvalue weighted by Gasteiger charge is -2.39. The Morgan fingerprint density at radius 2 is 1.69 bits per heavy atom. The van der Waals surface area contributed by atoms with E-state index in [1.165, 1.54) is 50.6 Å². The summed E-state index contributed by atoms with van der Waals surface area (Å²) in [6.07, 6.45) is 2.35. The van der Waals surface area contributed by atoms with Crippen LogP contribution in [0.25, 0.3) is 11.4 Å². The topological polar surface area (TPSA) is 12.0 Å². The standard InChI is InChI=1S/C28H29BN3/c1-18(2)22-14-10-15-23-20(4)25-17-30(5)28-26-19(3)11-9-16-24(26)31(21-12-7-6-8-13-21)29(27(22)23)32(25)28/h6-18,20H,1-5H3/q+1. The number of benzene rings is 3. The van der Waals surface area contributed by atoms with E-state index >= 15 is 0 Å². The molecule has 0 spiro atoms. The van der Waals surface area contributed by atoms with Gasteiger partial charge >= 0.3 is 6.98 Å². The van der Waals surface area contributed by atoms with Crippen LogP contribution in [0.4, 0.5) is 11.4 Å². The van der Waals surface area contributed by atoms with E-state index in [0.717, 1.165) is 0 Å². The van der Waals surface area contributed by atoms with Crippen molar-refractivity contribution in [3.05, 3.63) is 95.3 Å². The van der Waals surface area contributed by atoms with Crippen molar-refractivity contribution in [2.24, 2.45) is 7.05 Å². The highest BCUT2D eigenvalue weighted by atomic mass is 15.3. The molecule has 0 fully saturated rings. The number of rotatable bonds is 2. The largest absolute Gasteiger partial charge is 0.542 e. The summed E-state index contributed by atoms with van der Waals surface area (Å²) >= 11 is 0. The van der Waals surface area contributed by atoms with Crippen molar-refractivity contribution < 1.29 is 4.57 Å². The zero-order chi connectivity index (χ0) is 22.1. The van der Waals surface area contributed by atoms with Gasteiger partial charge in [-0.2, -0.15) is 0 Å². The minimum Gasteiger partial charge on any atom is -0.339 e. The molecule has 0 saturated carbocycles. The summed E-state index contributed by atoms with van der Waals surface area (Å²) in [7, 11) is 2.20. The second-order valence-electron chi connectivity index (χ2n) is 9.63. The molecule has 1 atom stereocenters. The fourth-order valence-electron chi connectivity index (χ4n) is 5.95. The van der Waals surface area contributed by atoms with Crippen LogP contribution in [0, 0.1) is 6.92 Å². The lowest BCUT2D eigenvalue weighted by Crippen LogP contribution is -2.60. The van der Waals surface area contributed by atoms with E-state index in [-0.39, 0.29) is 6.98 Å². The molecular weight excluding hydrogens is 389 g/mol. The first-order valence-corrected chi connectivity index (χ1v) is 11.7. The van der Waals surface area contributed by atoms with Crippen molar-refractivity contribution >= 4 is 23.8 Å². The molecule has 0 bridgehead atoms. The molecule has 0 radical (unpaired) electrons. The summed E-state index contributed by atoms with van der Waals surface area (Å²) in [5.74, 6) is 2.12. The Labute approximate surface area is 191 Å². The number of hydrogen-bond donors (Lipinski definition) is 0. The quantitative estimate of drug-likeness (QED) is 0.319. The molecule has 2 aliphatic heterocycles. The highest BCUT2D eigenvalue weighted by Crippen LogP contribution is 2.45. The van der Waals surface area contributed by atoms with Gasteiger partial charge in [0.05, 0.1) is 12.6 Å². The highest BCUT2D eigenvalue weighted by molar-refractivity contribution is 6.79. The van der Waals surface area contributed by atoms with E-state index in [9.17, 15) is 0 Å². The summed E-state index contributed by atoms with van der Waals surface area (Å²) in [5, 5.41) is 0. The number of nitrogens with zero attached hydrogens (tertiary/aromatic N) is 3. The molecule has 1 unspecified atom stereocenters. The minimum absolute atomic E-state index is 0.0997. The average Bonchev–Trinajstić information content (AvgIpc) is 3.14. The monoisotopic (exact) mass is 418 g/mol. The molecule has 1 aromatic heterocycles. The van der Waals surface area contributed by atoms with Gasteiger partial charge in [-0.05, 0) is 47.7 Å². The van der Waals surface area contributed by atoms with Gasteiger partial charge in [0.1, 0.15) is 11.9 Å². The Balaban J connectivity index is 1.78. The Bertz CT molecular complexity index is 1350. The lowest BCUT2D eigenvalue weighted by atomic mass is 9.55. The van der Waals surface area contributed by atoms with Crippen LogP contribution in [-0.2, 0) is 7.05 Å². The van der Waals surface area contributed by atoms with E-state index in [1.54, 1.807) is 0 Å². The molecule has 0 saturated heterocycles. The van der Waals surface area contributed by atoms with Crippen LogP contribution in [-0.4, -0.2) is 11.5 Å². The fourth-order valence-corrected chi connectivity index (χ4v) is 5.95. The van der Waals surface area contributed by atoms with Gasteiger partial charge < -0.3 is 4.81 Å². The SMILES string of the molecule is Cc1cccc2c1-c1n3c(c[n+]1C)C(C)c1cccc(C(C)C)c1B3N2c1ccccc1. The predicted octanol–water partition coefficient (Wildman–Crippen LogP) is 5.27. The van der Waals surface area contributed by atoms with Gasteiger partial charge in [-0.3, -0.25) is 4.48 Å². The van der Waals surface area contributed by atoms with Crippen molar-refractivity contribution in [2.45, 2.75) is 39.5 Å². The number of aryl methyl sites for hydroxylation is 2. The first kappa shape index (κ1) is 19.4. The van der Waals surface area contributed by atoms with E-state index in [2.05, 4.69) is 122 Å².